The van der Waals surface area contributed by atoms with Crippen molar-refractivity contribution in [2.45, 2.75) is 132 Å². The average molecular weight is 761 g/mol. The van der Waals surface area contributed by atoms with E-state index in [4.69, 9.17) is 0 Å². The number of allylic oxidation sites excluding steroid dienone is 4. The molecule has 1 saturated carbocycles. The fourth-order valence-corrected chi connectivity index (χ4v) is 18.1. The normalized spacial score (nSPS) is 18.6. The first-order valence-electron chi connectivity index (χ1n) is 18.2. The molecule has 1 fully saturated rings. The van der Waals surface area contributed by atoms with Crippen LogP contribution in [-0.4, -0.2) is 3.21 Å². The fourth-order valence-electron chi connectivity index (χ4n) is 9.18. The van der Waals surface area contributed by atoms with Crippen LogP contribution in [0.3, 0.4) is 0 Å². The maximum Gasteiger partial charge on any atom is -1.00 e. The molecule has 48 heavy (non-hydrogen) atoms. The van der Waals surface area contributed by atoms with Gasteiger partial charge in [0.25, 0.3) is 0 Å². The van der Waals surface area contributed by atoms with Crippen LogP contribution in [0.1, 0.15) is 140 Å². The maximum atomic E-state index is 2.78. The van der Waals surface area contributed by atoms with Gasteiger partial charge in [-0.3, -0.25) is 0 Å². The van der Waals surface area contributed by atoms with E-state index < -0.39 is 21.3 Å². The molecule has 0 aliphatic heterocycles. The molecule has 0 bridgehead atoms. The van der Waals surface area contributed by atoms with Crippen LogP contribution in [0.25, 0.3) is 11.1 Å². The zero-order valence-corrected chi connectivity index (χ0v) is 35.5. The Bertz CT molecular complexity index is 1770. The number of hydrogen-bond donors (Lipinski definition) is 0. The molecule has 0 aromatic heterocycles. The molecule has 3 aromatic carbocycles. The van der Waals surface area contributed by atoms with Crippen molar-refractivity contribution in [1.82, 2.24) is 0 Å². The van der Waals surface area contributed by atoms with E-state index >= 15 is 0 Å². The molecule has 6 rings (SSSR count). The molecule has 0 nitrogen and oxygen atoms in total. The molecular weight excluding hydrogens is 703 g/mol. The third kappa shape index (κ3) is 7.14. The first kappa shape index (κ1) is 39.3. The summed E-state index contributed by atoms with van der Waals surface area (Å²) in [5, 5.41) is 0. The number of benzene rings is 3. The molecule has 0 radical (unpaired) electrons. The molecule has 0 saturated heterocycles. The minimum atomic E-state index is -2.68. The Labute approximate surface area is 313 Å². The van der Waals surface area contributed by atoms with E-state index in [1.165, 1.54) is 65.5 Å². The summed E-state index contributed by atoms with van der Waals surface area (Å²) in [6.45, 7) is 26.8. The summed E-state index contributed by atoms with van der Waals surface area (Å²) in [7, 11) is 0. The quantitative estimate of drug-likeness (QED) is 0.242. The van der Waals surface area contributed by atoms with Gasteiger partial charge in [0.05, 0.1) is 0 Å². The van der Waals surface area contributed by atoms with E-state index in [-0.39, 0.29) is 35.6 Å². The molecule has 1 unspecified atom stereocenters. The van der Waals surface area contributed by atoms with Crippen LogP contribution >= 0.6 is 0 Å². The summed E-state index contributed by atoms with van der Waals surface area (Å²) in [6.07, 6.45) is 14.5. The molecule has 3 heteroatoms. The summed E-state index contributed by atoms with van der Waals surface area (Å²) < 4.78 is 5.37. The van der Waals surface area contributed by atoms with Crippen molar-refractivity contribution in [2.24, 2.45) is 11.3 Å². The molecule has 0 spiro atoms. The molecule has 256 valence electrons. The Hall–Kier alpha value is -1.53. The van der Waals surface area contributed by atoms with E-state index in [9.17, 15) is 0 Å². The van der Waals surface area contributed by atoms with Gasteiger partial charge in [-0.1, -0.05) is 0 Å². The molecule has 3 aromatic rings. The predicted octanol–water partition coefficient (Wildman–Crippen LogP) is 5.78. The molecular formula is C45H58Cl2Zr. The smallest absolute Gasteiger partial charge is 1.00 e. The molecule has 3 aliphatic carbocycles. The first-order chi connectivity index (χ1) is 21.6. The summed E-state index contributed by atoms with van der Waals surface area (Å²) in [5.74, 6) is 0.514. The van der Waals surface area contributed by atoms with Crippen LogP contribution in [-0.2, 0) is 38.5 Å². The number of aryl methyl sites for hydroxylation is 1. The minimum absolute atomic E-state index is 0. The largest absolute Gasteiger partial charge is 1.00 e. The van der Waals surface area contributed by atoms with Crippen LogP contribution in [0.4, 0.5) is 0 Å². The first-order valence-corrected chi connectivity index (χ1v) is 21.9. The van der Waals surface area contributed by atoms with Gasteiger partial charge in [-0.15, -0.1) is 0 Å². The average Bonchev–Trinajstić information content (AvgIpc) is 3.55. The number of halogens is 2. The van der Waals surface area contributed by atoms with E-state index in [1.807, 2.05) is 3.28 Å². The Morgan fingerprint density at radius 1 is 0.833 bits per heavy atom. The summed E-state index contributed by atoms with van der Waals surface area (Å²) in [4.78, 5) is 0. The second-order valence-corrected chi connectivity index (χ2v) is 23.1. The van der Waals surface area contributed by atoms with Gasteiger partial charge in [-0.25, -0.2) is 0 Å². The van der Waals surface area contributed by atoms with Gasteiger partial charge in [0.15, 0.2) is 0 Å². The Morgan fingerprint density at radius 3 is 2.02 bits per heavy atom. The van der Waals surface area contributed by atoms with Gasteiger partial charge in [-0.05, 0) is 0 Å². The molecule has 1 atom stereocenters. The molecule has 0 heterocycles. The van der Waals surface area contributed by atoms with E-state index in [1.54, 1.807) is 28.7 Å². The number of fused-ring (bicyclic) bond motifs is 3. The SMILES string of the molecule is CC/[C](c1ccccc1)=[Zr+2](\[C]1=CC(C2(C)CCCCC2)=CC1C)[c]1c(C)c(C(C)(C)C)cc2c1Cc1cc(C)c(C(C)(C)C)cc1-2.[Cl-].[Cl-]. The van der Waals surface area contributed by atoms with E-state index in [0.29, 0.717) is 11.3 Å². The topological polar surface area (TPSA) is 0 Å². The fraction of sp³-hybridized carbons (Fsp3) is 0.489. The maximum absolute atomic E-state index is 2.78. The van der Waals surface area contributed by atoms with Crippen molar-refractivity contribution < 1.29 is 46.1 Å². The Morgan fingerprint density at radius 2 is 1.44 bits per heavy atom. The minimum Gasteiger partial charge on any atom is -1.00 e. The van der Waals surface area contributed by atoms with Crippen molar-refractivity contribution >= 4 is 6.48 Å². The van der Waals surface area contributed by atoms with Gasteiger partial charge >= 0.3 is 291 Å². The molecule has 0 N–H and O–H groups in total. The van der Waals surface area contributed by atoms with Crippen LogP contribution in [0.5, 0.6) is 0 Å². The second-order valence-electron chi connectivity index (χ2n) is 17.2. The van der Waals surface area contributed by atoms with Crippen molar-refractivity contribution in [3.63, 3.8) is 0 Å². The molecule has 0 amide bonds. The third-order valence-corrected chi connectivity index (χ3v) is 20.5. The van der Waals surface area contributed by atoms with Crippen LogP contribution in [0.15, 0.2) is 69.5 Å². The van der Waals surface area contributed by atoms with E-state index in [0.717, 1.165) is 12.8 Å². The summed E-state index contributed by atoms with van der Waals surface area (Å²) in [6, 6.07) is 19.3. The van der Waals surface area contributed by atoms with Gasteiger partial charge in [0, 0.05) is 0 Å². The zero-order chi connectivity index (χ0) is 33.2. The molecule has 3 aliphatic rings. The number of hydrogen-bond acceptors (Lipinski definition) is 0. The predicted molar refractivity (Wildman–Crippen MR) is 199 cm³/mol. The van der Waals surface area contributed by atoms with Crippen LogP contribution in [0.2, 0.25) is 0 Å². The van der Waals surface area contributed by atoms with E-state index in [2.05, 4.69) is 137 Å². The Balaban J connectivity index is 0.00000260. The summed E-state index contributed by atoms with van der Waals surface area (Å²) in [5.41, 5.74) is 16.0. The van der Waals surface area contributed by atoms with Crippen LogP contribution in [0, 0.1) is 25.2 Å². The third-order valence-electron chi connectivity index (χ3n) is 11.6. The zero-order valence-electron chi connectivity index (χ0n) is 31.6. The summed E-state index contributed by atoms with van der Waals surface area (Å²) >= 11 is -2.68. The van der Waals surface area contributed by atoms with Gasteiger partial charge in [0.1, 0.15) is 0 Å². The van der Waals surface area contributed by atoms with Crippen molar-refractivity contribution in [2.75, 3.05) is 0 Å². The standard InChI is InChI=1S/C23H29.C13H19.C9H10.2ClH.Zr/c1-14-9-16-11-17-10-15(2)21(23(6,7)8)13-19(17)18(16)12-20(14)22(3,4)5;1-11-6-7-12(10-11)13(2)8-4-3-5-9-13;1-2-6-9-7-4-3-5-8-9;;;/h9,12-13H,11H2,1-8H3;7,10-11H,3-5,8-9H2,1-2H3;3-5,7-8H,2H2,1H3;2*1H;/q;;;;;+2/p-2. The van der Waals surface area contributed by atoms with Gasteiger partial charge < -0.3 is 24.8 Å². The van der Waals surface area contributed by atoms with Gasteiger partial charge in [0.2, 0.25) is 0 Å². The number of rotatable bonds is 5. The van der Waals surface area contributed by atoms with Gasteiger partial charge in [-0.2, -0.15) is 0 Å². The van der Waals surface area contributed by atoms with Crippen LogP contribution < -0.4 is 28.1 Å². The van der Waals surface area contributed by atoms with Crippen molar-refractivity contribution in [1.29, 1.82) is 0 Å². The monoisotopic (exact) mass is 758 g/mol. The van der Waals surface area contributed by atoms with Crippen molar-refractivity contribution in [3.05, 3.63) is 108 Å². The van der Waals surface area contributed by atoms with Crippen molar-refractivity contribution in [3.8, 4) is 11.1 Å². The Kier molecular flexibility index (Phi) is 11.9. The second kappa shape index (κ2) is 14.6.